The van der Waals surface area contributed by atoms with Crippen LogP contribution in [0.5, 0.6) is 0 Å². The Hall–Kier alpha value is -1.75. The molecule has 23 heavy (non-hydrogen) atoms. The maximum atomic E-state index is 13.9. The molecule has 0 atom stereocenters. The van der Waals surface area contributed by atoms with Crippen LogP contribution in [0.1, 0.15) is 21.5 Å². The molecule has 0 aromatic heterocycles. The highest BCUT2D eigenvalue weighted by atomic mass is 35.5. The van der Waals surface area contributed by atoms with Gasteiger partial charge in [0.1, 0.15) is 5.82 Å². The number of benzene rings is 2. The maximum Gasteiger partial charge on any atom is 0.195 e. The first kappa shape index (κ1) is 16.1. The van der Waals surface area contributed by atoms with E-state index >= 15 is 0 Å². The highest BCUT2D eigenvalue weighted by molar-refractivity contribution is 6.30. The molecule has 2 aromatic carbocycles. The van der Waals surface area contributed by atoms with Gasteiger partial charge in [0, 0.05) is 30.2 Å². The molecule has 1 aliphatic rings. The zero-order valence-corrected chi connectivity index (χ0v) is 13.4. The van der Waals surface area contributed by atoms with Gasteiger partial charge in [0.25, 0.3) is 0 Å². The van der Waals surface area contributed by atoms with E-state index in [0.717, 1.165) is 44.5 Å². The van der Waals surface area contributed by atoms with Crippen molar-refractivity contribution < 1.29 is 13.9 Å². The van der Waals surface area contributed by atoms with E-state index in [1.54, 1.807) is 12.1 Å². The van der Waals surface area contributed by atoms with Crippen LogP contribution in [-0.2, 0) is 11.3 Å². The van der Waals surface area contributed by atoms with Crippen LogP contribution in [0.25, 0.3) is 0 Å². The number of hydrogen-bond donors (Lipinski definition) is 0. The second kappa shape index (κ2) is 7.21. The normalized spacial score (nSPS) is 15.6. The lowest BCUT2D eigenvalue weighted by Gasteiger charge is -2.26. The molecule has 0 amide bonds. The van der Waals surface area contributed by atoms with Crippen LogP contribution in [0.3, 0.4) is 0 Å². The molecule has 0 radical (unpaired) electrons. The van der Waals surface area contributed by atoms with Gasteiger partial charge in [0.2, 0.25) is 0 Å². The molecule has 0 unspecified atom stereocenters. The average Bonchev–Trinajstić information content (AvgIpc) is 2.56. The Morgan fingerprint density at radius 3 is 2.48 bits per heavy atom. The van der Waals surface area contributed by atoms with Gasteiger partial charge in [-0.2, -0.15) is 0 Å². The summed E-state index contributed by atoms with van der Waals surface area (Å²) in [6, 6.07) is 11.4. The first-order valence-electron chi connectivity index (χ1n) is 7.52. The molecule has 1 fully saturated rings. The number of nitrogens with zero attached hydrogens (tertiary/aromatic N) is 1. The summed E-state index contributed by atoms with van der Waals surface area (Å²) in [7, 11) is 0. The summed E-state index contributed by atoms with van der Waals surface area (Å²) in [6.45, 7) is 4.17. The number of morpholine rings is 1. The smallest absolute Gasteiger partial charge is 0.195 e. The van der Waals surface area contributed by atoms with Crippen LogP contribution in [0.4, 0.5) is 4.39 Å². The maximum absolute atomic E-state index is 13.9. The molecule has 0 aliphatic carbocycles. The standard InChI is InChI=1S/C18H17ClFNO2/c19-15-5-6-16(17(20)11-15)18(22)14-3-1-13(2-4-14)12-21-7-9-23-10-8-21/h1-6,11H,7-10,12H2. The third kappa shape index (κ3) is 3.96. The summed E-state index contributed by atoms with van der Waals surface area (Å²) in [5.41, 5.74) is 1.63. The molecule has 1 heterocycles. The molecule has 3 rings (SSSR count). The average molecular weight is 334 g/mol. The predicted octanol–water partition coefficient (Wildman–Crippen LogP) is 3.54. The molecule has 0 N–H and O–H groups in total. The molecule has 0 spiro atoms. The second-order valence-corrected chi connectivity index (χ2v) is 5.98. The fourth-order valence-corrected chi connectivity index (χ4v) is 2.77. The summed E-state index contributed by atoms with van der Waals surface area (Å²) in [5.74, 6) is -0.933. The Morgan fingerprint density at radius 1 is 1.13 bits per heavy atom. The number of carbonyl (C=O) groups is 1. The quantitative estimate of drug-likeness (QED) is 0.801. The number of ketones is 1. The van der Waals surface area contributed by atoms with Crippen molar-refractivity contribution in [3.63, 3.8) is 0 Å². The van der Waals surface area contributed by atoms with Crippen LogP contribution in [0.15, 0.2) is 42.5 Å². The third-order valence-electron chi connectivity index (χ3n) is 3.90. The zero-order valence-electron chi connectivity index (χ0n) is 12.6. The van der Waals surface area contributed by atoms with Crippen LogP contribution >= 0.6 is 11.6 Å². The Labute approximate surface area is 139 Å². The molecule has 3 nitrogen and oxygen atoms in total. The minimum atomic E-state index is -0.597. The van der Waals surface area contributed by atoms with Gasteiger partial charge in [0.15, 0.2) is 5.78 Å². The van der Waals surface area contributed by atoms with E-state index in [4.69, 9.17) is 16.3 Å². The van der Waals surface area contributed by atoms with Crippen molar-refractivity contribution in [2.45, 2.75) is 6.54 Å². The number of halogens is 2. The highest BCUT2D eigenvalue weighted by Crippen LogP contribution is 2.19. The lowest BCUT2D eigenvalue weighted by atomic mass is 10.0. The van der Waals surface area contributed by atoms with Gasteiger partial charge < -0.3 is 4.74 Å². The topological polar surface area (TPSA) is 29.5 Å². The van der Waals surface area contributed by atoms with E-state index in [9.17, 15) is 9.18 Å². The van der Waals surface area contributed by atoms with Crippen molar-refractivity contribution in [3.8, 4) is 0 Å². The van der Waals surface area contributed by atoms with Gasteiger partial charge in [-0.3, -0.25) is 9.69 Å². The van der Waals surface area contributed by atoms with Crippen molar-refractivity contribution in [3.05, 3.63) is 70.0 Å². The Kier molecular flexibility index (Phi) is 5.06. The SMILES string of the molecule is O=C(c1ccc(CN2CCOCC2)cc1)c1ccc(Cl)cc1F. The van der Waals surface area contributed by atoms with Gasteiger partial charge in [-0.15, -0.1) is 0 Å². The van der Waals surface area contributed by atoms with E-state index in [1.165, 1.54) is 12.1 Å². The highest BCUT2D eigenvalue weighted by Gasteiger charge is 2.15. The molecule has 5 heteroatoms. The summed E-state index contributed by atoms with van der Waals surface area (Å²) < 4.78 is 19.2. The summed E-state index contributed by atoms with van der Waals surface area (Å²) in [6.07, 6.45) is 0. The van der Waals surface area contributed by atoms with Gasteiger partial charge in [-0.05, 0) is 23.8 Å². The summed E-state index contributed by atoms with van der Waals surface area (Å²) >= 11 is 5.72. The lowest BCUT2D eigenvalue weighted by Crippen LogP contribution is -2.35. The summed E-state index contributed by atoms with van der Waals surface area (Å²) in [5, 5.41) is 0.278. The molecule has 1 saturated heterocycles. The first-order valence-corrected chi connectivity index (χ1v) is 7.90. The van der Waals surface area contributed by atoms with Crippen molar-refractivity contribution in [1.29, 1.82) is 0 Å². The third-order valence-corrected chi connectivity index (χ3v) is 4.14. The zero-order chi connectivity index (χ0) is 16.2. The molecular formula is C18H17ClFNO2. The number of ether oxygens (including phenoxy) is 1. The minimum Gasteiger partial charge on any atom is -0.379 e. The van der Waals surface area contributed by atoms with Crippen molar-refractivity contribution in [1.82, 2.24) is 4.90 Å². The van der Waals surface area contributed by atoms with Gasteiger partial charge >= 0.3 is 0 Å². The Bertz CT molecular complexity index is 697. The molecule has 2 aromatic rings. The van der Waals surface area contributed by atoms with E-state index in [2.05, 4.69) is 4.90 Å². The second-order valence-electron chi connectivity index (χ2n) is 5.54. The van der Waals surface area contributed by atoms with Crippen LogP contribution in [-0.4, -0.2) is 37.0 Å². The van der Waals surface area contributed by atoms with Gasteiger partial charge in [0.05, 0.1) is 18.8 Å². The monoisotopic (exact) mass is 333 g/mol. The fraction of sp³-hybridized carbons (Fsp3) is 0.278. The van der Waals surface area contributed by atoms with Crippen molar-refractivity contribution in [2.75, 3.05) is 26.3 Å². The predicted molar refractivity (Wildman–Crippen MR) is 87.4 cm³/mol. The number of carbonyl (C=O) groups excluding carboxylic acids is 1. The largest absolute Gasteiger partial charge is 0.379 e. The Balaban J connectivity index is 1.72. The Morgan fingerprint density at radius 2 is 1.83 bits per heavy atom. The van der Waals surface area contributed by atoms with Crippen LogP contribution in [0, 0.1) is 5.82 Å². The molecule has 1 aliphatic heterocycles. The van der Waals surface area contributed by atoms with Crippen molar-refractivity contribution in [2.24, 2.45) is 0 Å². The van der Waals surface area contributed by atoms with Crippen LogP contribution < -0.4 is 0 Å². The minimum absolute atomic E-state index is 0.0373. The van der Waals surface area contributed by atoms with E-state index in [0.29, 0.717) is 5.56 Å². The molecule has 0 bridgehead atoms. The van der Waals surface area contributed by atoms with E-state index in [-0.39, 0.29) is 16.4 Å². The van der Waals surface area contributed by atoms with Crippen LogP contribution in [0.2, 0.25) is 5.02 Å². The number of hydrogen-bond acceptors (Lipinski definition) is 3. The lowest BCUT2D eigenvalue weighted by molar-refractivity contribution is 0.0342. The molecular weight excluding hydrogens is 317 g/mol. The van der Waals surface area contributed by atoms with Gasteiger partial charge in [-0.1, -0.05) is 35.9 Å². The molecule has 120 valence electrons. The first-order chi connectivity index (χ1) is 11.1. The van der Waals surface area contributed by atoms with Gasteiger partial charge in [-0.25, -0.2) is 4.39 Å². The summed E-state index contributed by atoms with van der Waals surface area (Å²) in [4.78, 5) is 14.7. The van der Waals surface area contributed by atoms with E-state index in [1.807, 2.05) is 12.1 Å². The van der Waals surface area contributed by atoms with E-state index < -0.39 is 5.82 Å². The van der Waals surface area contributed by atoms with Crippen molar-refractivity contribution >= 4 is 17.4 Å². The fourth-order valence-electron chi connectivity index (χ4n) is 2.61. The molecule has 0 saturated carbocycles. The number of rotatable bonds is 4.